The highest BCUT2D eigenvalue weighted by Crippen LogP contribution is 2.12. The number of likely N-dealkylation sites (N-methyl/N-ethyl adjacent to an activating group) is 1. The lowest BCUT2D eigenvalue weighted by Crippen LogP contribution is -3.06. The summed E-state index contributed by atoms with van der Waals surface area (Å²) in [5.74, 6) is -0.753. The van der Waals surface area contributed by atoms with E-state index >= 15 is 0 Å². The third-order valence-corrected chi connectivity index (χ3v) is 2.60. The van der Waals surface area contributed by atoms with Crippen LogP contribution in [0, 0.1) is 0 Å². The number of ether oxygens (including phenoxy) is 1. The molecule has 0 bridgehead atoms. The van der Waals surface area contributed by atoms with Crippen molar-refractivity contribution in [1.82, 2.24) is 5.32 Å². The predicted octanol–water partition coefficient (Wildman–Crippen LogP) is -1.92. The van der Waals surface area contributed by atoms with E-state index in [1.54, 1.807) is 24.3 Å². The molecule has 0 spiro atoms. The molecule has 1 rings (SSSR count). The van der Waals surface area contributed by atoms with Gasteiger partial charge in [0.25, 0.3) is 5.91 Å². The molecule has 0 atom stereocenters. The number of carbonyl (C=O) groups excluding carboxylic acids is 2. The minimum atomic E-state index is -1.15. The van der Waals surface area contributed by atoms with Crippen molar-refractivity contribution in [3.8, 4) is 5.75 Å². The van der Waals surface area contributed by atoms with Crippen LogP contribution in [-0.4, -0.2) is 45.7 Å². The molecule has 1 amide bonds. The summed E-state index contributed by atoms with van der Waals surface area (Å²) in [6, 6.07) is 6.57. The minimum Gasteiger partial charge on any atom is -0.550 e. The average Bonchev–Trinajstić information content (AvgIpc) is 2.38. The first-order valence-electron chi connectivity index (χ1n) is 6.49. The van der Waals surface area contributed by atoms with Gasteiger partial charge in [-0.3, -0.25) is 4.79 Å². The molecule has 0 aliphatic heterocycles. The van der Waals surface area contributed by atoms with Crippen molar-refractivity contribution < 1.29 is 24.3 Å². The van der Waals surface area contributed by atoms with Crippen molar-refractivity contribution in [2.45, 2.75) is 6.42 Å². The Balaban J connectivity index is 2.41. The van der Waals surface area contributed by atoms with Crippen LogP contribution < -0.4 is 20.1 Å². The van der Waals surface area contributed by atoms with Crippen molar-refractivity contribution >= 4 is 11.9 Å². The smallest absolute Gasteiger partial charge is 0.251 e. The lowest BCUT2D eigenvalue weighted by Gasteiger charge is -2.09. The molecular formula is C14H20N2O4. The fraction of sp³-hybridized carbons (Fsp3) is 0.429. The number of amides is 1. The Morgan fingerprint density at radius 2 is 1.90 bits per heavy atom. The summed E-state index contributed by atoms with van der Waals surface area (Å²) in [7, 11) is 4.04. The van der Waals surface area contributed by atoms with E-state index in [2.05, 4.69) is 5.32 Å². The number of benzene rings is 1. The van der Waals surface area contributed by atoms with Gasteiger partial charge in [0.2, 0.25) is 0 Å². The molecule has 0 saturated heterocycles. The molecule has 2 N–H and O–H groups in total. The van der Waals surface area contributed by atoms with Crippen molar-refractivity contribution in [2.75, 3.05) is 33.8 Å². The number of hydrogen-bond donors (Lipinski definition) is 2. The second kappa shape index (κ2) is 8.16. The molecule has 1 aromatic rings. The van der Waals surface area contributed by atoms with Crippen LogP contribution in [0.5, 0.6) is 5.75 Å². The first-order chi connectivity index (χ1) is 9.49. The van der Waals surface area contributed by atoms with E-state index in [0.29, 0.717) is 17.9 Å². The van der Waals surface area contributed by atoms with Gasteiger partial charge in [-0.2, -0.15) is 0 Å². The number of carboxylic acids is 1. The number of rotatable bonds is 8. The van der Waals surface area contributed by atoms with Crippen molar-refractivity contribution in [2.24, 2.45) is 0 Å². The third-order valence-electron chi connectivity index (χ3n) is 2.60. The summed E-state index contributed by atoms with van der Waals surface area (Å²) in [5, 5.41) is 13.1. The largest absolute Gasteiger partial charge is 0.550 e. The first-order valence-corrected chi connectivity index (χ1v) is 6.49. The van der Waals surface area contributed by atoms with Crippen LogP contribution >= 0.6 is 0 Å². The van der Waals surface area contributed by atoms with Crippen LogP contribution in [0.15, 0.2) is 24.3 Å². The van der Waals surface area contributed by atoms with Crippen molar-refractivity contribution in [3.05, 3.63) is 29.8 Å². The Hall–Kier alpha value is -2.08. The van der Waals surface area contributed by atoms with Crippen LogP contribution in [0.3, 0.4) is 0 Å². The molecule has 0 fully saturated rings. The van der Waals surface area contributed by atoms with Crippen LogP contribution in [0.25, 0.3) is 0 Å². The van der Waals surface area contributed by atoms with Gasteiger partial charge in [0.15, 0.2) is 0 Å². The number of hydrogen-bond acceptors (Lipinski definition) is 4. The quantitative estimate of drug-likeness (QED) is 0.581. The number of quaternary nitrogens is 1. The zero-order valence-electron chi connectivity index (χ0n) is 11.8. The van der Waals surface area contributed by atoms with E-state index < -0.39 is 5.97 Å². The second-order valence-corrected chi connectivity index (χ2v) is 4.71. The van der Waals surface area contributed by atoms with Crippen LogP contribution in [-0.2, 0) is 4.79 Å². The van der Waals surface area contributed by atoms with Gasteiger partial charge in [-0.05, 0) is 24.3 Å². The van der Waals surface area contributed by atoms with Crippen LogP contribution in [0.2, 0.25) is 0 Å². The molecule has 0 aliphatic rings. The summed E-state index contributed by atoms with van der Waals surface area (Å²) >= 11 is 0. The molecule has 0 radical (unpaired) electrons. The zero-order valence-corrected chi connectivity index (χ0v) is 11.8. The fourth-order valence-corrected chi connectivity index (χ4v) is 1.48. The maximum Gasteiger partial charge on any atom is 0.251 e. The SMILES string of the molecule is C[NH+](C)CCNC(=O)c1ccc(OCCC(=O)[O-])cc1. The predicted molar refractivity (Wildman–Crippen MR) is 71.6 cm³/mol. The van der Waals surface area contributed by atoms with E-state index in [-0.39, 0.29) is 18.9 Å². The molecular weight excluding hydrogens is 260 g/mol. The Bertz CT molecular complexity index is 443. The minimum absolute atomic E-state index is 0.0550. The van der Waals surface area contributed by atoms with Gasteiger partial charge in [-0.1, -0.05) is 0 Å². The maximum atomic E-state index is 11.8. The highest BCUT2D eigenvalue weighted by atomic mass is 16.5. The summed E-state index contributed by atoms with van der Waals surface area (Å²) in [6.45, 7) is 1.53. The molecule has 0 unspecified atom stereocenters. The van der Waals surface area contributed by atoms with Crippen molar-refractivity contribution in [1.29, 1.82) is 0 Å². The molecule has 0 heterocycles. The molecule has 110 valence electrons. The van der Waals surface area contributed by atoms with E-state index in [1.165, 1.54) is 4.90 Å². The maximum absolute atomic E-state index is 11.8. The molecule has 0 aliphatic carbocycles. The first kappa shape index (κ1) is 16.0. The van der Waals surface area contributed by atoms with Gasteiger partial charge >= 0.3 is 0 Å². The number of carboxylic acid groups (broad SMARTS) is 1. The average molecular weight is 280 g/mol. The summed E-state index contributed by atoms with van der Waals surface area (Å²) in [5.41, 5.74) is 0.547. The Kier molecular flexibility index (Phi) is 6.52. The van der Waals surface area contributed by atoms with Crippen LogP contribution in [0.4, 0.5) is 0 Å². The number of nitrogens with one attached hydrogen (secondary N) is 2. The highest BCUT2D eigenvalue weighted by Gasteiger charge is 2.05. The van der Waals surface area contributed by atoms with Gasteiger partial charge in [-0.15, -0.1) is 0 Å². The molecule has 0 saturated carbocycles. The standard InChI is InChI=1S/C14H20N2O4/c1-16(2)9-8-15-14(19)11-3-5-12(6-4-11)20-10-7-13(17)18/h3-6H,7-10H2,1-2H3,(H,15,19)(H,17,18). The molecule has 6 nitrogen and oxygen atoms in total. The Morgan fingerprint density at radius 1 is 1.25 bits per heavy atom. The van der Waals surface area contributed by atoms with Gasteiger partial charge in [0.1, 0.15) is 5.75 Å². The Morgan fingerprint density at radius 3 is 2.45 bits per heavy atom. The zero-order chi connectivity index (χ0) is 15.0. The monoisotopic (exact) mass is 280 g/mol. The van der Waals surface area contributed by atoms with E-state index in [4.69, 9.17) is 4.74 Å². The third kappa shape index (κ3) is 6.19. The highest BCUT2D eigenvalue weighted by molar-refractivity contribution is 5.94. The lowest BCUT2D eigenvalue weighted by atomic mass is 10.2. The molecule has 20 heavy (non-hydrogen) atoms. The molecule has 0 aromatic heterocycles. The number of aliphatic carboxylic acids is 1. The molecule has 1 aromatic carbocycles. The van der Waals surface area contributed by atoms with Gasteiger partial charge in [0, 0.05) is 18.0 Å². The summed E-state index contributed by atoms with van der Waals surface area (Å²) in [6.07, 6.45) is -0.158. The summed E-state index contributed by atoms with van der Waals surface area (Å²) in [4.78, 5) is 23.3. The normalized spacial score (nSPS) is 10.3. The van der Waals surface area contributed by atoms with E-state index in [0.717, 1.165) is 6.54 Å². The Labute approximate surface area is 118 Å². The van der Waals surface area contributed by atoms with E-state index in [9.17, 15) is 14.7 Å². The van der Waals surface area contributed by atoms with Gasteiger partial charge in [0.05, 0.1) is 33.8 Å². The topological polar surface area (TPSA) is 82.9 Å². The van der Waals surface area contributed by atoms with Gasteiger partial charge in [-0.25, -0.2) is 0 Å². The lowest BCUT2D eigenvalue weighted by molar-refractivity contribution is -0.856. The number of carbonyl (C=O) groups is 2. The fourth-order valence-electron chi connectivity index (χ4n) is 1.48. The van der Waals surface area contributed by atoms with Gasteiger partial charge < -0.3 is 24.9 Å². The van der Waals surface area contributed by atoms with Crippen LogP contribution in [0.1, 0.15) is 16.8 Å². The summed E-state index contributed by atoms with van der Waals surface area (Å²) < 4.78 is 5.21. The van der Waals surface area contributed by atoms with E-state index in [1.807, 2.05) is 14.1 Å². The molecule has 6 heteroatoms. The van der Waals surface area contributed by atoms with Crippen molar-refractivity contribution in [3.63, 3.8) is 0 Å². The second-order valence-electron chi connectivity index (χ2n) is 4.71.